The van der Waals surface area contributed by atoms with Crippen LogP contribution in [0.4, 0.5) is 0 Å². The van der Waals surface area contributed by atoms with Gasteiger partial charge in [0.2, 0.25) is 0 Å². The van der Waals surface area contributed by atoms with Crippen molar-refractivity contribution in [1.29, 1.82) is 0 Å². The van der Waals surface area contributed by atoms with Gasteiger partial charge in [-0.05, 0) is 79.7 Å². The van der Waals surface area contributed by atoms with Gasteiger partial charge in [-0.3, -0.25) is 0 Å². The molecule has 0 N–H and O–H groups in total. The highest BCUT2D eigenvalue weighted by Gasteiger charge is 2.35. The Morgan fingerprint density at radius 2 is 1.75 bits per heavy atom. The summed E-state index contributed by atoms with van der Waals surface area (Å²) in [5.41, 5.74) is 4.82. The van der Waals surface area contributed by atoms with E-state index in [2.05, 4.69) is 45.9 Å². The molecule has 0 heteroatoms. The minimum Gasteiger partial charge on any atom is -0.0654 e. The van der Waals surface area contributed by atoms with Crippen molar-refractivity contribution >= 4 is 0 Å². The van der Waals surface area contributed by atoms with Gasteiger partial charge in [0.15, 0.2) is 0 Å². The highest BCUT2D eigenvalue weighted by atomic mass is 14.4. The quantitative estimate of drug-likeness (QED) is 0.547. The van der Waals surface area contributed by atoms with Gasteiger partial charge in [-0.25, -0.2) is 0 Å². The van der Waals surface area contributed by atoms with Crippen LogP contribution in [0.5, 0.6) is 0 Å². The van der Waals surface area contributed by atoms with Gasteiger partial charge in [0, 0.05) is 0 Å². The number of hydrogen-bond acceptors (Lipinski definition) is 0. The van der Waals surface area contributed by atoms with Crippen LogP contribution in [0.3, 0.4) is 0 Å². The average molecular weight is 327 g/mol. The first-order chi connectivity index (χ1) is 11.6. The normalized spacial score (nSPS) is 33.8. The van der Waals surface area contributed by atoms with E-state index in [-0.39, 0.29) is 0 Å². The van der Waals surface area contributed by atoms with Gasteiger partial charge in [-0.15, -0.1) is 0 Å². The molecule has 0 bridgehead atoms. The standard InChI is InChI=1S/C24H38/c1-5-6-7-20-11-9-19(4)22-15-12-21-16-17(2)8-13-23(21)24(22)14-10-18(20)3/h8,13,16,18-20,22,24H,5-7,9-12,14-15H2,1-4H3. The molecule has 0 saturated heterocycles. The minimum atomic E-state index is 0.830. The Morgan fingerprint density at radius 3 is 2.54 bits per heavy atom. The summed E-state index contributed by atoms with van der Waals surface area (Å²) in [6.07, 6.45) is 12.8. The summed E-state index contributed by atoms with van der Waals surface area (Å²) < 4.78 is 0. The molecule has 0 amide bonds. The van der Waals surface area contributed by atoms with E-state index in [1.54, 1.807) is 11.1 Å². The van der Waals surface area contributed by atoms with Crippen molar-refractivity contribution in [1.82, 2.24) is 0 Å². The third-order valence-corrected chi connectivity index (χ3v) is 7.35. The second kappa shape index (κ2) is 8.07. The summed E-state index contributed by atoms with van der Waals surface area (Å²) in [7, 11) is 0. The fourth-order valence-corrected chi connectivity index (χ4v) is 5.67. The van der Waals surface area contributed by atoms with Gasteiger partial charge in [-0.1, -0.05) is 70.2 Å². The third kappa shape index (κ3) is 3.89. The Balaban J connectivity index is 1.81. The van der Waals surface area contributed by atoms with Crippen LogP contribution in [-0.2, 0) is 6.42 Å². The van der Waals surface area contributed by atoms with E-state index in [0.29, 0.717) is 0 Å². The first-order valence-corrected chi connectivity index (χ1v) is 10.7. The molecule has 1 aromatic carbocycles. The summed E-state index contributed by atoms with van der Waals surface area (Å²) >= 11 is 0. The summed E-state index contributed by atoms with van der Waals surface area (Å²) in [6.45, 7) is 9.70. The lowest BCUT2D eigenvalue weighted by Crippen LogP contribution is -2.26. The predicted octanol–water partition coefficient (Wildman–Crippen LogP) is 7.29. The fraction of sp³-hybridized carbons (Fsp3) is 0.750. The first-order valence-electron chi connectivity index (χ1n) is 10.7. The van der Waals surface area contributed by atoms with E-state index < -0.39 is 0 Å². The van der Waals surface area contributed by atoms with Crippen molar-refractivity contribution < 1.29 is 0 Å². The van der Waals surface area contributed by atoms with Gasteiger partial charge < -0.3 is 0 Å². The zero-order valence-corrected chi connectivity index (χ0v) is 16.5. The summed E-state index contributed by atoms with van der Waals surface area (Å²) in [5.74, 6) is 4.55. The molecule has 0 aliphatic heterocycles. The van der Waals surface area contributed by atoms with Crippen molar-refractivity contribution in [3.63, 3.8) is 0 Å². The van der Waals surface area contributed by atoms with E-state index in [9.17, 15) is 0 Å². The van der Waals surface area contributed by atoms with E-state index >= 15 is 0 Å². The highest BCUT2D eigenvalue weighted by molar-refractivity contribution is 5.37. The molecular formula is C24H38. The zero-order valence-electron chi connectivity index (χ0n) is 16.5. The maximum Gasteiger partial charge on any atom is -0.0128 e. The van der Waals surface area contributed by atoms with Gasteiger partial charge in [0.05, 0.1) is 0 Å². The molecule has 0 radical (unpaired) electrons. The molecule has 1 aromatic rings. The molecule has 0 heterocycles. The van der Waals surface area contributed by atoms with Crippen LogP contribution in [0.2, 0.25) is 0 Å². The monoisotopic (exact) mass is 326 g/mol. The Labute approximate surface area is 150 Å². The molecule has 0 nitrogen and oxygen atoms in total. The van der Waals surface area contributed by atoms with Crippen molar-refractivity contribution in [3.05, 3.63) is 34.9 Å². The van der Waals surface area contributed by atoms with Crippen LogP contribution in [0.1, 0.15) is 94.7 Å². The van der Waals surface area contributed by atoms with E-state index in [4.69, 9.17) is 0 Å². The lowest BCUT2D eigenvalue weighted by atomic mass is 9.67. The maximum absolute atomic E-state index is 2.56. The molecule has 134 valence electrons. The molecule has 24 heavy (non-hydrogen) atoms. The maximum atomic E-state index is 2.56. The molecule has 5 unspecified atom stereocenters. The second-order valence-corrected chi connectivity index (χ2v) is 9.02. The van der Waals surface area contributed by atoms with Crippen LogP contribution in [-0.4, -0.2) is 0 Å². The van der Waals surface area contributed by atoms with Gasteiger partial charge >= 0.3 is 0 Å². The predicted molar refractivity (Wildman–Crippen MR) is 106 cm³/mol. The second-order valence-electron chi connectivity index (χ2n) is 9.02. The molecule has 2 aliphatic carbocycles. The van der Waals surface area contributed by atoms with Gasteiger partial charge in [0.25, 0.3) is 0 Å². The molecule has 2 aliphatic rings. The number of aryl methyl sites for hydroxylation is 2. The molecular weight excluding hydrogens is 288 g/mol. The topological polar surface area (TPSA) is 0 Å². The van der Waals surface area contributed by atoms with Crippen LogP contribution < -0.4 is 0 Å². The molecule has 5 atom stereocenters. The van der Waals surface area contributed by atoms with Crippen LogP contribution in [0.25, 0.3) is 0 Å². The van der Waals surface area contributed by atoms with Gasteiger partial charge in [0.1, 0.15) is 0 Å². The number of benzene rings is 1. The number of rotatable bonds is 3. The Kier molecular flexibility index (Phi) is 6.06. The lowest BCUT2D eigenvalue weighted by Gasteiger charge is -2.37. The Morgan fingerprint density at radius 1 is 0.958 bits per heavy atom. The molecule has 0 spiro atoms. The Bertz CT molecular complexity index is 529. The molecule has 3 rings (SSSR count). The SMILES string of the molecule is CCCCC1CCC(C)C2CCc3cc(C)ccc3C2CCC1C. The lowest BCUT2D eigenvalue weighted by molar-refractivity contribution is 0.241. The first kappa shape index (κ1) is 18.0. The van der Waals surface area contributed by atoms with Crippen molar-refractivity contribution in [3.8, 4) is 0 Å². The van der Waals surface area contributed by atoms with Crippen molar-refractivity contribution in [2.45, 2.75) is 91.4 Å². The summed E-state index contributed by atoms with van der Waals surface area (Å²) in [5, 5.41) is 0. The van der Waals surface area contributed by atoms with Crippen molar-refractivity contribution in [2.75, 3.05) is 0 Å². The van der Waals surface area contributed by atoms with E-state index in [1.807, 2.05) is 0 Å². The largest absolute Gasteiger partial charge is 0.0654 e. The Hall–Kier alpha value is -0.780. The average Bonchev–Trinajstić information content (AvgIpc) is 2.63. The van der Waals surface area contributed by atoms with Gasteiger partial charge in [-0.2, -0.15) is 0 Å². The fourth-order valence-electron chi connectivity index (χ4n) is 5.67. The smallest absolute Gasteiger partial charge is 0.0128 e. The van der Waals surface area contributed by atoms with Crippen molar-refractivity contribution in [2.24, 2.45) is 23.7 Å². The van der Waals surface area contributed by atoms with Crippen LogP contribution in [0, 0.1) is 30.6 Å². The minimum absolute atomic E-state index is 0.830. The number of unbranched alkanes of at least 4 members (excludes halogenated alkanes) is 1. The summed E-state index contributed by atoms with van der Waals surface area (Å²) in [4.78, 5) is 0. The van der Waals surface area contributed by atoms with Crippen LogP contribution >= 0.6 is 0 Å². The molecule has 1 saturated carbocycles. The number of hydrogen-bond donors (Lipinski definition) is 0. The van der Waals surface area contributed by atoms with E-state index in [0.717, 1.165) is 29.6 Å². The summed E-state index contributed by atoms with van der Waals surface area (Å²) in [6, 6.07) is 7.30. The third-order valence-electron chi connectivity index (χ3n) is 7.35. The number of fused-ring (bicyclic) bond motifs is 3. The van der Waals surface area contributed by atoms with Crippen LogP contribution in [0.15, 0.2) is 18.2 Å². The van der Waals surface area contributed by atoms with E-state index in [1.165, 1.54) is 63.4 Å². The molecule has 0 aromatic heterocycles. The zero-order chi connectivity index (χ0) is 17.1. The highest BCUT2D eigenvalue weighted by Crippen LogP contribution is 2.47. The molecule has 1 fully saturated rings.